The summed E-state index contributed by atoms with van der Waals surface area (Å²) < 4.78 is 60.3. The Labute approximate surface area is 194 Å². The first-order valence-corrected chi connectivity index (χ1v) is 13.5. The van der Waals surface area contributed by atoms with Crippen molar-refractivity contribution in [3.8, 4) is 0 Å². The minimum absolute atomic E-state index is 0.00627. The van der Waals surface area contributed by atoms with Crippen molar-refractivity contribution in [2.75, 3.05) is 43.9 Å². The van der Waals surface area contributed by atoms with Crippen LogP contribution >= 0.6 is 0 Å². The van der Waals surface area contributed by atoms with E-state index in [9.17, 15) is 26.4 Å². The number of piperazine rings is 1. The zero-order chi connectivity index (χ0) is 24.1. The van der Waals surface area contributed by atoms with E-state index in [1.807, 2.05) is 6.07 Å². The van der Waals surface area contributed by atoms with E-state index < -0.39 is 34.8 Å². The van der Waals surface area contributed by atoms with Gasteiger partial charge in [-0.05, 0) is 62.8 Å². The molecule has 1 saturated carbocycles. The van der Waals surface area contributed by atoms with E-state index in [1.165, 1.54) is 6.26 Å². The molecular formula is C23H34F3N3O3S. The number of carbonyl (C=O) groups excluding carboxylic acids is 1. The largest absolute Gasteiger partial charge is 0.389 e. The van der Waals surface area contributed by atoms with Crippen molar-refractivity contribution in [3.05, 3.63) is 24.3 Å². The zero-order valence-electron chi connectivity index (χ0n) is 19.1. The van der Waals surface area contributed by atoms with Crippen LogP contribution in [-0.2, 0) is 14.6 Å². The molecule has 1 aliphatic heterocycles. The number of carbonyl (C=O) groups is 1. The van der Waals surface area contributed by atoms with Crippen LogP contribution in [0.5, 0.6) is 0 Å². The molecular weight excluding hydrogens is 455 g/mol. The van der Waals surface area contributed by atoms with E-state index in [4.69, 9.17) is 0 Å². The summed E-state index contributed by atoms with van der Waals surface area (Å²) in [6.45, 7) is 4.56. The number of hydrogen-bond donors (Lipinski definition) is 1. The summed E-state index contributed by atoms with van der Waals surface area (Å²) in [6, 6.07) is 7.09. The molecule has 186 valence electrons. The summed E-state index contributed by atoms with van der Waals surface area (Å²) in [7, 11) is -3.22. The van der Waals surface area contributed by atoms with E-state index >= 15 is 0 Å². The molecule has 2 aliphatic rings. The predicted octanol–water partition coefficient (Wildman–Crippen LogP) is 3.62. The van der Waals surface area contributed by atoms with Crippen LogP contribution in [-0.4, -0.2) is 70.4 Å². The highest BCUT2D eigenvalue weighted by Gasteiger charge is 2.29. The van der Waals surface area contributed by atoms with Crippen molar-refractivity contribution < 1.29 is 26.4 Å². The van der Waals surface area contributed by atoms with Crippen LogP contribution in [0, 0.1) is 5.92 Å². The van der Waals surface area contributed by atoms with Gasteiger partial charge in [-0.1, -0.05) is 6.07 Å². The third-order valence-corrected chi connectivity index (χ3v) is 7.79. The average molecular weight is 490 g/mol. The molecule has 1 aromatic carbocycles. The van der Waals surface area contributed by atoms with E-state index in [1.54, 1.807) is 18.2 Å². The summed E-state index contributed by atoms with van der Waals surface area (Å²) in [4.78, 5) is 16.7. The highest BCUT2D eigenvalue weighted by Crippen LogP contribution is 2.28. The number of halogens is 3. The Balaban J connectivity index is 1.34. The third-order valence-electron chi connectivity index (χ3n) is 6.68. The molecule has 1 aliphatic carbocycles. The van der Waals surface area contributed by atoms with Gasteiger partial charge in [-0.2, -0.15) is 13.2 Å². The van der Waals surface area contributed by atoms with Gasteiger partial charge in [-0.25, -0.2) is 8.42 Å². The molecule has 0 aromatic heterocycles. The van der Waals surface area contributed by atoms with Crippen LogP contribution < -0.4 is 10.2 Å². The number of sulfone groups is 1. The number of nitrogens with one attached hydrogen (secondary N) is 1. The fraction of sp³-hybridized carbons (Fsp3) is 0.696. The summed E-state index contributed by atoms with van der Waals surface area (Å²) >= 11 is 0. The van der Waals surface area contributed by atoms with Gasteiger partial charge in [0.25, 0.3) is 0 Å². The second-order valence-electron chi connectivity index (χ2n) is 9.29. The number of benzene rings is 1. The molecule has 1 N–H and O–H groups in total. The summed E-state index contributed by atoms with van der Waals surface area (Å²) in [5, 5.41) is 2.76. The minimum Gasteiger partial charge on any atom is -0.369 e. The molecule has 1 aromatic rings. The van der Waals surface area contributed by atoms with Crippen LogP contribution in [0.1, 0.15) is 44.9 Å². The molecule has 33 heavy (non-hydrogen) atoms. The average Bonchev–Trinajstić information content (AvgIpc) is 2.77. The van der Waals surface area contributed by atoms with Gasteiger partial charge in [-0.3, -0.25) is 9.69 Å². The van der Waals surface area contributed by atoms with Gasteiger partial charge in [0.05, 0.1) is 11.3 Å². The van der Waals surface area contributed by atoms with Crippen molar-refractivity contribution in [1.29, 1.82) is 0 Å². The predicted molar refractivity (Wildman–Crippen MR) is 122 cm³/mol. The van der Waals surface area contributed by atoms with Crippen LogP contribution in [0.2, 0.25) is 0 Å². The summed E-state index contributed by atoms with van der Waals surface area (Å²) in [5.41, 5.74) is 0.938. The quantitative estimate of drug-likeness (QED) is 0.604. The van der Waals surface area contributed by atoms with E-state index in [-0.39, 0.29) is 6.04 Å². The molecule has 0 radical (unpaired) electrons. The summed E-state index contributed by atoms with van der Waals surface area (Å²) in [6.07, 6.45) is 0.0849. The Morgan fingerprint density at radius 1 is 1.09 bits per heavy atom. The second kappa shape index (κ2) is 11.1. The lowest BCUT2D eigenvalue weighted by Crippen LogP contribution is -2.47. The van der Waals surface area contributed by atoms with Crippen molar-refractivity contribution in [3.63, 3.8) is 0 Å². The molecule has 0 atom stereocenters. The van der Waals surface area contributed by atoms with Gasteiger partial charge in [0.1, 0.15) is 0 Å². The smallest absolute Gasteiger partial charge is 0.369 e. The fourth-order valence-corrected chi connectivity index (χ4v) is 5.32. The number of amides is 1. The number of rotatable bonds is 8. The normalized spacial score (nSPS) is 22.8. The first kappa shape index (κ1) is 25.8. The fourth-order valence-electron chi connectivity index (χ4n) is 4.66. The van der Waals surface area contributed by atoms with Crippen molar-refractivity contribution in [1.82, 2.24) is 10.2 Å². The summed E-state index contributed by atoms with van der Waals surface area (Å²) in [5.74, 6) is 0.0773. The van der Waals surface area contributed by atoms with Crippen molar-refractivity contribution in [2.45, 2.75) is 62.1 Å². The number of nitrogens with zero attached hydrogens (tertiary/aromatic N) is 2. The lowest BCUT2D eigenvalue weighted by Gasteiger charge is -2.37. The lowest BCUT2D eigenvalue weighted by molar-refractivity contribution is -0.144. The third kappa shape index (κ3) is 8.48. The van der Waals surface area contributed by atoms with Crippen LogP contribution in [0.4, 0.5) is 18.9 Å². The van der Waals surface area contributed by atoms with Gasteiger partial charge in [0.2, 0.25) is 5.91 Å². The maximum atomic E-state index is 12.2. The maximum Gasteiger partial charge on any atom is 0.389 e. The number of hydrogen-bond acceptors (Lipinski definition) is 5. The van der Waals surface area contributed by atoms with Crippen LogP contribution in [0.3, 0.4) is 0 Å². The Kier molecular flexibility index (Phi) is 8.66. The van der Waals surface area contributed by atoms with Gasteiger partial charge in [0.15, 0.2) is 9.84 Å². The zero-order valence-corrected chi connectivity index (χ0v) is 19.9. The monoisotopic (exact) mass is 489 g/mol. The molecule has 2 fully saturated rings. The molecule has 1 saturated heterocycles. The van der Waals surface area contributed by atoms with Crippen molar-refractivity contribution >= 4 is 21.4 Å². The Morgan fingerprint density at radius 3 is 2.36 bits per heavy atom. The van der Waals surface area contributed by atoms with Gasteiger partial charge < -0.3 is 10.2 Å². The Bertz CT molecular complexity index is 892. The van der Waals surface area contributed by atoms with Gasteiger partial charge in [0, 0.05) is 50.6 Å². The maximum absolute atomic E-state index is 12.2. The Hall–Kier alpha value is -1.81. The molecule has 3 rings (SSSR count). The molecule has 10 heteroatoms. The van der Waals surface area contributed by atoms with Crippen LogP contribution in [0.15, 0.2) is 29.2 Å². The van der Waals surface area contributed by atoms with E-state index in [0.29, 0.717) is 10.8 Å². The molecule has 1 heterocycles. The topological polar surface area (TPSA) is 69.7 Å². The molecule has 6 nitrogen and oxygen atoms in total. The highest BCUT2D eigenvalue weighted by molar-refractivity contribution is 7.90. The SMILES string of the molecule is CS(=O)(=O)c1cccc(N2CCN(CC[C@H]3CC[C@H](NC(=O)CCC(F)(F)F)CC3)CC2)c1. The standard InChI is InChI=1S/C23H34F3N3O3S/c1-33(31,32)21-4-2-3-20(17-21)29-15-13-28(14-16-29)12-10-18-5-7-19(8-6-18)27-22(30)9-11-23(24,25)26/h2-4,17-19H,5-16H2,1H3,(H,27,30)/t18-,19-. The van der Waals surface area contributed by atoms with Crippen LogP contribution in [0.25, 0.3) is 0 Å². The van der Waals surface area contributed by atoms with E-state index in [2.05, 4.69) is 15.1 Å². The molecule has 1 amide bonds. The lowest BCUT2D eigenvalue weighted by atomic mass is 9.84. The molecule has 0 unspecified atom stereocenters. The Morgan fingerprint density at radius 2 is 1.76 bits per heavy atom. The number of alkyl halides is 3. The molecule has 0 bridgehead atoms. The number of anilines is 1. The molecule has 0 spiro atoms. The first-order chi connectivity index (χ1) is 15.5. The van der Waals surface area contributed by atoms with Crippen molar-refractivity contribution in [2.24, 2.45) is 5.92 Å². The first-order valence-electron chi connectivity index (χ1n) is 11.6. The second-order valence-corrected chi connectivity index (χ2v) is 11.3. The highest BCUT2D eigenvalue weighted by atomic mass is 32.2. The van der Waals surface area contributed by atoms with Gasteiger partial charge in [-0.15, -0.1) is 0 Å². The van der Waals surface area contributed by atoms with Gasteiger partial charge >= 0.3 is 6.18 Å². The van der Waals surface area contributed by atoms with E-state index in [0.717, 1.165) is 70.5 Å². The minimum atomic E-state index is -4.29.